The molecular weight excluding hydrogens is 334 g/mol. The van der Waals surface area contributed by atoms with E-state index in [-0.39, 0.29) is 23.2 Å². The van der Waals surface area contributed by atoms with E-state index >= 15 is 0 Å². The largest absolute Gasteiger partial charge is 0.411 e. The molecule has 1 atom stereocenters. The molecule has 0 unspecified atom stereocenters. The van der Waals surface area contributed by atoms with Gasteiger partial charge in [0.2, 0.25) is 11.8 Å². The van der Waals surface area contributed by atoms with Crippen molar-refractivity contribution in [3.05, 3.63) is 29.3 Å². The summed E-state index contributed by atoms with van der Waals surface area (Å²) in [5.41, 5.74) is 3.20. The quantitative estimate of drug-likeness (QED) is 0.710. The van der Waals surface area contributed by atoms with E-state index in [1.54, 1.807) is 0 Å². The molecule has 0 saturated carbocycles. The highest BCUT2D eigenvalue weighted by atomic mass is 32.2. The molecule has 0 bridgehead atoms. The lowest BCUT2D eigenvalue weighted by Crippen LogP contribution is -2.45. The van der Waals surface area contributed by atoms with Crippen LogP contribution in [0.4, 0.5) is 0 Å². The topological polar surface area (TPSA) is 59.2 Å². The molecular formula is C19H27N3O2S. The number of carbonyl (C=O) groups is 1. The van der Waals surface area contributed by atoms with Gasteiger partial charge in [-0.2, -0.15) is 0 Å². The molecule has 0 N–H and O–H groups in total. The number of nitrogens with zero attached hydrogens (tertiary/aromatic N) is 3. The fourth-order valence-corrected chi connectivity index (χ4v) is 3.73. The van der Waals surface area contributed by atoms with E-state index in [1.165, 1.54) is 11.8 Å². The molecule has 0 radical (unpaired) electrons. The van der Waals surface area contributed by atoms with E-state index in [0.717, 1.165) is 16.7 Å². The molecule has 1 aromatic heterocycles. The fraction of sp³-hybridized carbons (Fsp3) is 0.526. The van der Waals surface area contributed by atoms with Gasteiger partial charge in [0.15, 0.2) is 0 Å². The van der Waals surface area contributed by atoms with Crippen molar-refractivity contribution in [2.45, 2.75) is 71.0 Å². The fourth-order valence-electron chi connectivity index (χ4n) is 2.99. The van der Waals surface area contributed by atoms with Crippen LogP contribution in [0.15, 0.2) is 27.8 Å². The number of thioether (sulfide) groups is 1. The van der Waals surface area contributed by atoms with E-state index in [1.807, 2.05) is 65.5 Å². The molecule has 6 heteroatoms. The number of hydrogen-bond acceptors (Lipinski definition) is 5. The van der Waals surface area contributed by atoms with Crippen molar-refractivity contribution in [1.82, 2.24) is 15.1 Å². The van der Waals surface area contributed by atoms with Gasteiger partial charge in [0, 0.05) is 17.6 Å². The third kappa shape index (κ3) is 4.84. The highest BCUT2D eigenvalue weighted by Gasteiger charge is 2.27. The normalized spacial score (nSPS) is 12.7. The Morgan fingerprint density at radius 1 is 1.00 bits per heavy atom. The molecule has 0 fully saturated rings. The van der Waals surface area contributed by atoms with Crippen LogP contribution in [0, 0.1) is 13.8 Å². The van der Waals surface area contributed by atoms with Crippen LogP contribution in [-0.4, -0.2) is 38.3 Å². The average molecular weight is 362 g/mol. The van der Waals surface area contributed by atoms with Gasteiger partial charge in [0.05, 0.1) is 5.25 Å². The van der Waals surface area contributed by atoms with Crippen LogP contribution in [0.5, 0.6) is 0 Å². The molecule has 0 aliphatic rings. The van der Waals surface area contributed by atoms with Gasteiger partial charge in [-0.25, -0.2) is 0 Å². The molecule has 0 spiro atoms. The summed E-state index contributed by atoms with van der Waals surface area (Å²) in [6, 6.07) is 6.45. The summed E-state index contributed by atoms with van der Waals surface area (Å²) in [4.78, 5) is 14.6. The second kappa shape index (κ2) is 8.04. The smallest absolute Gasteiger partial charge is 0.277 e. The summed E-state index contributed by atoms with van der Waals surface area (Å²) in [7, 11) is 0. The predicted molar refractivity (Wildman–Crippen MR) is 102 cm³/mol. The Morgan fingerprint density at radius 3 is 2.08 bits per heavy atom. The van der Waals surface area contributed by atoms with E-state index in [0.29, 0.717) is 11.1 Å². The van der Waals surface area contributed by atoms with Crippen LogP contribution in [0.2, 0.25) is 0 Å². The number of rotatable bonds is 6. The van der Waals surface area contributed by atoms with Gasteiger partial charge in [-0.05, 0) is 60.6 Å². The molecule has 25 heavy (non-hydrogen) atoms. The maximum Gasteiger partial charge on any atom is 0.277 e. The zero-order valence-electron chi connectivity index (χ0n) is 16.0. The van der Waals surface area contributed by atoms with Crippen molar-refractivity contribution in [3.63, 3.8) is 0 Å². The molecule has 1 heterocycles. The minimum Gasteiger partial charge on any atom is -0.411 e. The van der Waals surface area contributed by atoms with Crippen LogP contribution in [0.25, 0.3) is 11.5 Å². The molecule has 0 saturated heterocycles. The Balaban J connectivity index is 2.13. The summed E-state index contributed by atoms with van der Waals surface area (Å²) >= 11 is 1.31. The van der Waals surface area contributed by atoms with Gasteiger partial charge >= 0.3 is 0 Å². The van der Waals surface area contributed by atoms with Crippen LogP contribution in [-0.2, 0) is 4.79 Å². The van der Waals surface area contributed by atoms with Gasteiger partial charge in [-0.15, -0.1) is 10.2 Å². The Labute approximate surface area is 154 Å². The van der Waals surface area contributed by atoms with Gasteiger partial charge in [0.1, 0.15) is 0 Å². The summed E-state index contributed by atoms with van der Waals surface area (Å²) in [6.07, 6.45) is 0. The molecule has 0 aliphatic carbocycles. The summed E-state index contributed by atoms with van der Waals surface area (Å²) in [6.45, 7) is 14.1. The maximum atomic E-state index is 12.7. The number of benzene rings is 1. The van der Waals surface area contributed by atoms with Crippen LogP contribution >= 0.6 is 11.8 Å². The highest BCUT2D eigenvalue weighted by Crippen LogP contribution is 2.28. The molecule has 1 amide bonds. The van der Waals surface area contributed by atoms with E-state index in [4.69, 9.17) is 4.42 Å². The Bertz CT molecular complexity index is 712. The number of amides is 1. The lowest BCUT2D eigenvalue weighted by atomic mass is 10.1. The molecule has 2 rings (SSSR count). The highest BCUT2D eigenvalue weighted by molar-refractivity contribution is 8.00. The first-order valence-electron chi connectivity index (χ1n) is 8.60. The minimum atomic E-state index is -0.280. The number of aromatic nitrogens is 2. The maximum absolute atomic E-state index is 12.7. The lowest BCUT2D eigenvalue weighted by Gasteiger charge is -2.32. The van der Waals surface area contributed by atoms with Gasteiger partial charge in [-0.1, -0.05) is 29.0 Å². The van der Waals surface area contributed by atoms with Gasteiger partial charge in [-0.3, -0.25) is 4.79 Å². The van der Waals surface area contributed by atoms with Crippen LogP contribution in [0.3, 0.4) is 0 Å². The van der Waals surface area contributed by atoms with Crippen molar-refractivity contribution >= 4 is 17.7 Å². The predicted octanol–water partition coefficient (Wildman–Crippen LogP) is 4.48. The van der Waals surface area contributed by atoms with E-state index in [9.17, 15) is 4.79 Å². The third-order valence-corrected chi connectivity index (χ3v) is 4.79. The monoisotopic (exact) mass is 361 g/mol. The number of aryl methyl sites for hydroxylation is 2. The molecule has 1 aromatic carbocycles. The van der Waals surface area contributed by atoms with Crippen LogP contribution < -0.4 is 0 Å². The second-order valence-electron chi connectivity index (χ2n) is 6.94. The SMILES string of the molecule is Cc1cc(C)cc(-c2nnc(S[C@@H](C)C(=O)N(C(C)C)C(C)C)o2)c1. The molecule has 5 nitrogen and oxygen atoms in total. The van der Waals surface area contributed by atoms with E-state index < -0.39 is 0 Å². The average Bonchev–Trinajstić information content (AvgIpc) is 2.93. The van der Waals surface area contributed by atoms with Crippen molar-refractivity contribution in [1.29, 1.82) is 0 Å². The Morgan fingerprint density at radius 2 is 1.56 bits per heavy atom. The molecule has 136 valence electrons. The summed E-state index contributed by atoms with van der Waals surface area (Å²) in [5, 5.41) is 8.37. The first kappa shape index (κ1) is 19.5. The van der Waals surface area contributed by atoms with Gasteiger partial charge < -0.3 is 9.32 Å². The zero-order chi connectivity index (χ0) is 18.7. The number of hydrogen-bond donors (Lipinski definition) is 0. The Kier molecular flexibility index (Phi) is 6.27. The van der Waals surface area contributed by atoms with Crippen molar-refractivity contribution < 1.29 is 9.21 Å². The first-order chi connectivity index (χ1) is 11.7. The van der Waals surface area contributed by atoms with E-state index in [2.05, 4.69) is 16.3 Å². The lowest BCUT2D eigenvalue weighted by molar-refractivity contribution is -0.133. The number of carbonyl (C=O) groups excluding carboxylic acids is 1. The summed E-state index contributed by atoms with van der Waals surface area (Å²) in [5.74, 6) is 0.569. The standard InChI is InChI=1S/C19H27N3O2S/c1-11(2)22(12(3)4)18(23)15(7)25-19-21-20-17(24-19)16-9-13(5)8-14(6)10-16/h8-12,15H,1-7H3/t15-/m0/s1. The Hall–Kier alpha value is -1.82. The molecule has 2 aromatic rings. The second-order valence-corrected chi connectivity index (χ2v) is 8.23. The third-order valence-electron chi connectivity index (χ3n) is 3.87. The van der Waals surface area contributed by atoms with Crippen molar-refractivity contribution in [2.24, 2.45) is 0 Å². The van der Waals surface area contributed by atoms with Gasteiger partial charge in [0.25, 0.3) is 5.22 Å². The van der Waals surface area contributed by atoms with Crippen molar-refractivity contribution in [2.75, 3.05) is 0 Å². The minimum absolute atomic E-state index is 0.0844. The molecule has 0 aliphatic heterocycles. The van der Waals surface area contributed by atoms with Crippen molar-refractivity contribution in [3.8, 4) is 11.5 Å². The van der Waals surface area contributed by atoms with Crippen LogP contribution in [0.1, 0.15) is 45.7 Å². The summed E-state index contributed by atoms with van der Waals surface area (Å²) < 4.78 is 5.77. The zero-order valence-corrected chi connectivity index (χ0v) is 16.8. The first-order valence-corrected chi connectivity index (χ1v) is 9.48.